The number of benzene rings is 3. The Labute approximate surface area is 207 Å². The van der Waals surface area contributed by atoms with Crippen molar-refractivity contribution in [1.82, 2.24) is 4.90 Å². The van der Waals surface area contributed by atoms with Crippen LogP contribution in [-0.4, -0.2) is 29.2 Å². The Balaban J connectivity index is 1.43. The van der Waals surface area contributed by atoms with Gasteiger partial charge < -0.3 is 9.47 Å². The number of rotatable bonds is 8. The van der Waals surface area contributed by atoms with E-state index in [4.69, 9.17) is 9.47 Å². The van der Waals surface area contributed by atoms with Crippen LogP contribution in [0.1, 0.15) is 11.1 Å². The zero-order valence-electron chi connectivity index (χ0n) is 17.7. The second kappa shape index (κ2) is 10.8. The van der Waals surface area contributed by atoms with Crippen LogP contribution in [0.15, 0.2) is 76.1 Å². The average molecular weight is 546 g/mol. The third-order valence-electron chi connectivity index (χ3n) is 4.84. The predicted molar refractivity (Wildman–Crippen MR) is 129 cm³/mol. The monoisotopic (exact) mass is 545 g/mol. The highest BCUT2D eigenvalue weighted by Gasteiger charge is 2.35. The number of halogens is 3. The van der Waals surface area contributed by atoms with Crippen molar-refractivity contribution in [2.45, 2.75) is 6.61 Å². The highest BCUT2D eigenvalue weighted by atomic mass is 79.9. The second-order valence-corrected chi connectivity index (χ2v) is 9.14. The molecular weight excluding hydrogens is 528 g/mol. The van der Waals surface area contributed by atoms with Gasteiger partial charge in [-0.2, -0.15) is 0 Å². The smallest absolute Gasteiger partial charge is 0.293 e. The normalized spacial score (nSPS) is 14.7. The van der Waals surface area contributed by atoms with Gasteiger partial charge in [-0.3, -0.25) is 14.5 Å². The molecule has 0 aliphatic carbocycles. The predicted octanol–water partition coefficient (Wildman–Crippen LogP) is 6.42. The lowest BCUT2D eigenvalue weighted by molar-refractivity contribution is -0.123. The van der Waals surface area contributed by atoms with Gasteiger partial charge in [-0.15, -0.1) is 0 Å². The van der Waals surface area contributed by atoms with E-state index in [0.717, 1.165) is 26.7 Å². The summed E-state index contributed by atoms with van der Waals surface area (Å²) in [7, 11) is 0. The van der Waals surface area contributed by atoms with E-state index in [-0.39, 0.29) is 36.3 Å². The minimum atomic E-state index is -0.429. The molecule has 1 aliphatic rings. The molecule has 4 rings (SSSR count). The van der Waals surface area contributed by atoms with E-state index in [1.165, 1.54) is 36.4 Å². The molecule has 1 fully saturated rings. The molecule has 1 aliphatic heterocycles. The van der Waals surface area contributed by atoms with Gasteiger partial charge >= 0.3 is 0 Å². The van der Waals surface area contributed by atoms with E-state index in [0.29, 0.717) is 17.1 Å². The van der Waals surface area contributed by atoms with Crippen molar-refractivity contribution in [2.75, 3.05) is 13.2 Å². The fraction of sp³-hybridized carbons (Fsp3) is 0.120. The molecular formula is C25H18BrF2NO4S. The lowest BCUT2D eigenvalue weighted by Crippen LogP contribution is -2.32. The van der Waals surface area contributed by atoms with E-state index in [1.54, 1.807) is 36.4 Å². The molecule has 174 valence electrons. The molecule has 5 nitrogen and oxygen atoms in total. The quantitative estimate of drug-likeness (QED) is 0.305. The molecule has 0 radical (unpaired) electrons. The molecule has 1 heterocycles. The van der Waals surface area contributed by atoms with Crippen LogP contribution >= 0.6 is 27.7 Å². The Morgan fingerprint density at radius 1 is 0.912 bits per heavy atom. The standard InChI is InChI=1S/C25H18BrF2NO4S/c26-18-3-10-22(33-15-16-1-4-19(27)5-2-16)17(13-18)14-23-24(30)29(25(31)34-23)11-12-32-21-8-6-20(28)7-9-21/h1-10,13-14H,11-12,15H2/b23-14-. The number of ether oxygens (including phenoxy) is 2. The maximum Gasteiger partial charge on any atom is 0.293 e. The van der Waals surface area contributed by atoms with Crippen LogP contribution in [0.5, 0.6) is 11.5 Å². The van der Waals surface area contributed by atoms with Crippen molar-refractivity contribution in [2.24, 2.45) is 0 Å². The maximum atomic E-state index is 13.1. The summed E-state index contributed by atoms with van der Waals surface area (Å²) in [6.07, 6.45) is 1.61. The largest absolute Gasteiger partial charge is 0.492 e. The van der Waals surface area contributed by atoms with E-state index in [9.17, 15) is 18.4 Å². The fourth-order valence-electron chi connectivity index (χ4n) is 3.12. The van der Waals surface area contributed by atoms with E-state index < -0.39 is 11.1 Å². The number of hydrogen-bond acceptors (Lipinski definition) is 5. The summed E-state index contributed by atoms with van der Waals surface area (Å²) in [4.78, 5) is 26.6. The first-order valence-electron chi connectivity index (χ1n) is 10.2. The summed E-state index contributed by atoms with van der Waals surface area (Å²) in [6, 6.07) is 16.8. The number of hydrogen-bond donors (Lipinski definition) is 0. The topological polar surface area (TPSA) is 55.8 Å². The highest BCUT2D eigenvalue weighted by Crippen LogP contribution is 2.35. The summed E-state index contributed by atoms with van der Waals surface area (Å²) in [5, 5.41) is -0.400. The first-order chi connectivity index (χ1) is 16.4. The molecule has 0 spiro atoms. The molecule has 34 heavy (non-hydrogen) atoms. The molecule has 0 bridgehead atoms. The van der Waals surface area contributed by atoms with Gasteiger partial charge in [0.15, 0.2) is 0 Å². The van der Waals surface area contributed by atoms with Gasteiger partial charge in [-0.25, -0.2) is 8.78 Å². The van der Waals surface area contributed by atoms with Crippen LogP contribution in [0.4, 0.5) is 13.6 Å². The van der Waals surface area contributed by atoms with Crippen molar-refractivity contribution in [3.05, 3.63) is 98.9 Å². The Kier molecular flexibility index (Phi) is 7.64. The summed E-state index contributed by atoms with van der Waals surface area (Å²) >= 11 is 4.25. The van der Waals surface area contributed by atoms with Crippen molar-refractivity contribution >= 4 is 44.9 Å². The average Bonchev–Trinajstić information content (AvgIpc) is 3.08. The first kappa shape index (κ1) is 24.0. The molecule has 9 heteroatoms. The number of nitrogens with zero attached hydrogens (tertiary/aromatic N) is 1. The number of carbonyl (C=O) groups is 2. The van der Waals surface area contributed by atoms with Gasteiger partial charge in [0.2, 0.25) is 0 Å². The van der Waals surface area contributed by atoms with E-state index in [1.807, 2.05) is 0 Å². The number of carbonyl (C=O) groups excluding carboxylic acids is 2. The molecule has 1 saturated heterocycles. The molecule has 2 amide bonds. The van der Waals surface area contributed by atoms with Gasteiger partial charge in [0.25, 0.3) is 11.1 Å². The number of amides is 2. The van der Waals surface area contributed by atoms with Crippen LogP contribution in [0.25, 0.3) is 6.08 Å². The minimum absolute atomic E-state index is 0.0613. The maximum absolute atomic E-state index is 13.1. The van der Waals surface area contributed by atoms with E-state index >= 15 is 0 Å². The summed E-state index contributed by atoms with van der Waals surface area (Å²) in [5.41, 5.74) is 1.40. The van der Waals surface area contributed by atoms with Gasteiger partial charge in [0, 0.05) is 10.0 Å². The lowest BCUT2D eigenvalue weighted by atomic mass is 10.1. The summed E-state index contributed by atoms with van der Waals surface area (Å²) in [6.45, 7) is 0.358. The Bertz CT molecular complexity index is 1230. The SMILES string of the molecule is O=C1S/C(=C\c2cc(Br)ccc2OCc2ccc(F)cc2)C(=O)N1CCOc1ccc(F)cc1. The first-order valence-corrected chi connectivity index (χ1v) is 11.8. The molecule has 0 unspecified atom stereocenters. The molecule has 0 aromatic heterocycles. The lowest BCUT2D eigenvalue weighted by Gasteiger charge is -2.13. The summed E-state index contributed by atoms with van der Waals surface area (Å²) < 4.78 is 38.3. The van der Waals surface area contributed by atoms with Gasteiger partial charge in [-0.05, 0) is 78.0 Å². The van der Waals surface area contributed by atoms with E-state index in [2.05, 4.69) is 15.9 Å². The second-order valence-electron chi connectivity index (χ2n) is 7.23. The van der Waals surface area contributed by atoms with Crippen molar-refractivity contribution < 1.29 is 27.8 Å². The molecule has 3 aromatic rings. The van der Waals surface area contributed by atoms with Gasteiger partial charge in [0.05, 0.1) is 11.4 Å². The molecule has 0 saturated carbocycles. The highest BCUT2D eigenvalue weighted by molar-refractivity contribution is 9.10. The van der Waals surface area contributed by atoms with Crippen LogP contribution < -0.4 is 9.47 Å². The fourth-order valence-corrected chi connectivity index (χ4v) is 4.36. The van der Waals surface area contributed by atoms with Crippen molar-refractivity contribution in [1.29, 1.82) is 0 Å². The van der Waals surface area contributed by atoms with Crippen LogP contribution in [0.2, 0.25) is 0 Å². The van der Waals surface area contributed by atoms with Gasteiger partial charge in [-0.1, -0.05) is 28.1 Å². The third kappa shape index (κ3) is 6.03. The molecule has 0 N–H and O–H groups in total. The van der Waals surface area contributed by atoms with Crippen LogP contribution in [-0.2, 0) is 11.4 Å². The Morgan fingerprint density at radius 3 is 2.29 bits per heavy atom. The van der Waals surface area contributed by atoms with Crippen LogP contribution in [0.3, 0.4) is 0 Å². The summed E-state index contributed by atoms with van der Waals surface area (Å²) in [5.74, 6) is -0.175. The Hall–Kier alpha value is -3.17. The van der Waals surface area contributed by atoms with Crippen molar-refractivity contribution in [3.8, 4) is 11.5 Å². The minimum Gasteiger partial charge on any atom is -0.492 e. The number of imide groups is 1. The molecule has 0 atom stereocenters. The van der Waals surface area contributed by atoms with Gasteiger partial charge in [0.1, 0.15) is 36.3 Å². The van der Waals surface area contributed by atoms with Crippen molar-refractivity contribution in [3.63, 3.8) is 0 Å². The zero-order chi connectivity index (χ0) is 24.1. The molecule has 3 aromatic carbocycles. The zero-order valence-corrected chi connectivity index (χ0v) is 20.1. The Morgan fingerprint density at radius 2 is 1.59 bits per heavy atom. The third-order valence-corrected chi connectivity index (χ3v) is 6.24. The van der Waals surface area contributed by atoms with Crippen LogP contribution in [0, 0.1) is 11.6 Å². The number of thioether (sulfide) groups is 1.